The number of hydrogen-bond acceptors (Lipinski definition) is 4. The molecule has 2 saturated heterocycles. The molecule has 26 heavy (non-hydrogen) atoms. The molecule has 0 spiro atoms. The van der Waals surface area contributed by atoms with Gasteiger partial charge in [0.2, 0.25) is 5.91 Å². The van der Waals surface area contributed by atoms with Gasteiger partial charge in [-0.3, -0.25) is 9.69 Å². The molecule has 0 aromatic rings. The first-order valence-corrected chi connectivity index (χ1v) is 11.0. The van der Waals surface area contributed by atoms with Crippen molar-refractivity contribution in [3.05, 3.63) is 0 Å². The highest BCUT2D eigenvalue weighted by Gasteiger charge is 2.34. The normalized spacial score (nSPS) is 29.3. The fraction of sp³-hybridized carbons (Fsp3) is 0.952. The zero-order chi connectivity index (χ0) is 18.4. The summed E-state index contributed by atoms with van der Waals surface area (Å²) >= 11 is 0. The van der Waals surface area contributed by atoms with E-state index in [0.717, 1.165) is 39.3 Å². The number of ether oxygens (including phenoxy) is 1. The number of carbonyl (C=O) groups is 1. The molecule has 1 N–H and O–H groups in total. The van der Waals surface area contributed by atoms with E-state index in [-0.39, 0.29) is 5.91 Å². The molecule has 150 valence electrons. The van der Waals surface area contributed by atoms with Crippen LogP contribution in [0.25, 0.3) is 0 Å². The number of nitrogens with zero attached hydrogens (tertiary/aromatic N) is 2. The van der Waals surface area contributed by atoms with Crippen molar-refractivity contribution in [2.24, 2.45) is 11.8 Å². The molecule has 1 saturated carbocycles. The molecule has 1 aliphatic carbocycles. The Bertz CT molecular complexity index is 431. The third-order valence-corrected chi connectivity index (χ3v) is 6.38. The number of morpholine rings is 1. The second-order valence-corrected chi connectivity index (χ2v) is 9.01. The summed E-state index contributed by atoms with van der Waals surface area (Å²) in [5.41, 5.74) is 0. The Hall–Kier alpha value is -0.650. The van der Waals surface area contributed by atoms with E-state index in [4.69, 9.17) is 4.74 Å². The summed E-state index contributed by atoms with van der Waals surface area (Å²) < 4.78 is 5.56. The summed E-state index contributed by atoms with van der Waals surface area (Å²) in [5, 5.41) is 3.27. The van der Waals surface area contributed by atoms with E-state index in [0.29, 0.717) is 30.3 Å². The fourth-order valence-corrected chi connectivity index (χ4v) is 5.14. The van der Waals surface area contributed by atoms with Gasteiger partial charge in [0.15, 0.2) is 0 Å². The van der Waals surface area contributed by atoms with E-state index in [2.05, 4.69) is 29.0 Å². The minimum Gasteiger partial charge on any atom is -0.379 e. The van der Waals surface area contributed by atoms with Crippen molar-refractivity contribution < 1.29 is 9.53 Å². The maximum atomic E-state index is 12.4. The van der Waals surface area contributed by atoms with Gasteiger partial charge < -0.3 is 15.0 Å². The number of hydrogen-bond donors (Lipinski definition) is 1. The second kappa shape index (κ2) is 10.0. The van der Waals surface area contributed by atoms with Crippen LogP contribution in [0.5, 0.6) is 0 Å². The zero-order valence-electron chi connectivity index (χ0n) is 16.9. The Kier molecular flexibility index (Phi) is 7.77. The van der Waals surface area contributed by atoms with Gasteiger partial charge in [0.1, 0.15) is 0 Å². The molecule has 3 aliphatic rings. The third-order valence-electron chi connectivity index (χ3n) is 6.38. The molecule has 3 rings (SSSR count). The lowest BCUT2D eigenvalue weighted by Gasteiger charge is -2.45. The van der Waals surface area contributed by atoms with Gasteiger partial charge in [0.25, 0.3) is 0 Å². The Labute approximate surface area is 159 Å². The van der Waals surface area contributed by atoms with E-state index in [1.807, 2.05) is 0 Å². The summed E-state index contributed by atoms with van der Waals surface area (Å²) in [6.45, 7) is 12.0. The first-order chi connectivity index (χ1) is 12.6. The quantitative estimate of drug-likeness (QED) is 0.753. The smallest absolute Gasteiger partial charge is 0.220 e. The van der Waals surface area contributed by atoms with Gasteiger partial charge in [-0.2, -0.15) is 0 Å². The van der Waals surface area contributed by atoms with Crippen molar-refractivity contribution >= 4 is 5.91 Å². The molecule has 0 unspecified atom stereocenters. The number of likely N-dealkylation sites (tertiary alicyclic amines) is 1. The van der Waals surface area contributed by atoms with Crippen molar-refractivity contribution in [2.45, 2.75) is 70.9 Å². The van der Waals surface area contributed by atoms with Gasteiger partial charge >= 0.3 is 0 Å². The standard InChI is InChI=1S/C21H39N3O2/c1-17(2)15-23-10-9-20(24-11-13-26-14-12-24)18(16-23)7-8-21(25)22-19-5-3-4-6-19/h17-20H,3-16H2,1-2H3,(H,22,25)/t18-,20+/m1/s1. The lowest BCUT2D eigenvalue weighted by molar-refractivity contribution is -0.122. The minimum atomic E-state index is 0.276. The molecule has 5 heteroatoms. The van der Waals surface area contributed by atoms with Crippen molar-refractivity contribution in [3.63, 3.8) is 0 Å². The number of amides is 1. The monoisotopic (exact) mass is 365 g/mol. The first kappa shape index (κ1) is 20.1. The van der Waals surface area contributed by atoms with Gasteiger partial charge in [0.05, 0.1) is 13.2 Å². The molecule has 5 nitrogen and oxygen atoms in total. The molecule has 0 aromatic carbocycles. The Morgan fingerprint density at radius 3 is 2.54 bits per heavy atom. The minimum absolute atomic E-state index is 0.276. The predicted molar refractivity (Wildman–Crippen MR) is 105 cm³/mol. The van der Waals surface area contributed by atoms with Crippen LogP contribution in [0, 0.1) is 11.8 Å². The molecule has 2 atom stereocenters. The molecule has 0 bridgehead atoms. The van der Waals surface area contributed by atoms with Crippen molar-refractivity contribution in [1.82, 2.24) is 15.1 Å². The van der Waals surface area contributed by atoms with Crippen LogP contribution in [0.15, 0.2) is 0 Å². The summed E-state index contributed by atoms with van der Waals surface area (Å²) in [6, 6.07) is 1.07. The maximum absolute atomic E-state index is 12.4. The average Bonchev–Trinajstić information content (AvgIpc) is 3.13. The van der Waals surface area contributed by atoms with Gasteiger partial charge in [-0.1, -0.05) is 26.7 Å². The molecule has 2 aliphatic heterocycles. The Morgan fingerprint density at radius 2 is 1.85 bits per heavy atom. The van der Waals surface area contributed by atoms with Crippen LogP contribution in [0.3, 0.4) is 0 Å². The summed E-state index contributed by atoms with van der Waals surface area (Å²) in [5.74, 6) is 1.59. The summed E-state index contributed by atoms with van der Waals surface area (Å²) in [4.78, 5) is 17.7. The Morgan fingerprint density at radius 1 is 1.12 bits per heavy atom. The van der Waals surface area contributed by atoms with Crippen LogP contribution in [0.1, 0.15) is 58.8 Å². The van der Waals surface area contributed by atoms with Gasteiger partial charge in [-0.15, -0.1) is 0 Å². The number of carbonyl (C=O) groups excluding carboxylic acids is 1. The summed E-state index contributed by atoms with van der Waals surface area (Å²) in [7, 11) is 0. The highest BCUT2D eigenvalue weighted by molar-refractivity contribution is 5.76. The zero-order valence-corrected chi connectivity index (χ0v) is 16.9. The topological polar surface area (TPSA) is 44.8 Å². The summed E-state index contributed by atoms with van der Waals surface area (Å²) in [6.07, 6.45) is 7.85. The van der Waals surface area contributed by atoms with E-state index in [9.17, 15) is 4.79 Å². The highest BCUT2D eigenvalue weighted by Crippen LogP contribution is 2.27. The first-order valence-electron chi connectivity index (χ1n) is 11.0. The number of rotatable bonds is 7. The number of nitrogens with one attached hydrogen (secondary N) is 1. The molecular weight excluding hydrogens is 326 g/mol. The van der Waals surface area contributed by atoms with Gasteiger partial charge in [0, 0.05) is 44.7 Å². The predicted octanol–water partition coefficient (Wildman–Crippen LogP) is 2.50. The van der Waals surface area contributed by atoms with Crippen LogP contribution in [0.4, 0.5) is 0 Å². The van der Waals surface area contributed by atoms with E-state index in [1.165, 1.54) is 45.2 Å². The van der Waals surface area contributed by atoms with Crippen LogP contribution < -0.4 is 5.32 Å². The fourth-order valence-electron chi connectivity index (χ4n) is 5.14. The molecular formula is C21H39N3O2. The van der Waals surface area contributed by atoms with Crippen LogP contribution in [0.2, 0.25) is 0 Å². The van der Waals surface area contributed by atoms with E-state index >= 15 is 0 Å². The second-order valence-electron chi connectivity index (χ2n) is 9.01. The van der Waals surface area contributed by atoms with Gasteiger partial charge in [-0.05, 0) is 44.1 Å². The van der Waals surface area contributed by atoms with Crippen molar-refractivity contribution in [3.8, 4) is 0 Å². The highest BCUT2D eigenvalue weighted by atomic mass is 16.5. The van der Waals surface area contributed by atoms with Gasteiger partial charge in [-0.25, -0.2) is 0 Å². The molecule has 0 radical (unpaired) electrons. The van der Waals surface area contributed by atoms with E-state index < -0.39 is 0 Å². The van der Waals surface area contributed by atoms with Crippen molar-refractivity contribution in [1.29, 1.82) is 0 Å². The molecule has 3 fully saturated rings. The largest absolute Gasteiger partial charge is 0.379 e. The lowest BCUT2D eigenvalue weighted by atomic mass is 9.86. The van der Waals surface area contributed by atoms with E-state index in [1.54, 1.807) is 0 Å². The SMILES string of the molecule is CC(C)CN1CC[C@H](N2CCOCC2)[C@H](CCC(=O)NC2CCCC2)C1. The average molecular weight is 366 g/mol. The maximum Gasteiger partial charge on any atom is 0.220 e. The molecule has 1 amide bonds. The molecule has 2 heterocycles. The van der Waals surface area contributed by atoms with Crippen LogP contribution >= 0.6 is 0 Å². The number of piperidine rings is 1. The van der Waals surface area contributed by atoms with Crippen LogP contribution in [-0.2, 0) is 9.53 Å². The lowest BCUT2D eigenvalue weighted by Crippen LogP contribution is -2.54. The Balaban J connectivity index is 1.53. The third kappa shape index (κ3) is 5.93. The van der Waals surface area contributed by atoms with Crippen LogP contribution in [-0.4, -0.2) is 73.7 Å². The molecule has 0 aromatic heterocycles. The van der Waals surface area contributed by atoms with Crippen molar-refractivity contribution in [2.75, 3.05) is 45.9 Å².